The van der Waals surface area contributed by atoms with Crippen LogP contribution >= 0.6 is 0 Å². The van der Waals surface area contributed by atoms with Crippen LogP contribution in [0.25, 0.3) is 11.3 Å². The van der Waals surface area contributed by atoms with Crippen molar-refractivity contribution >= 4 is 33.3 Å². The fourth-order valence-electron chi connectivity index (χ4n) is 3.60. The Morgan fingerprint density at radius 3 is 2.52 bits per heavy atom. The molecular formula is C24H22F3N7O5S. The summed E-state index contributed by atoms with van der Waals surface area (Å²) in [6, 6.07) is 9.00. The number of nitrogens with two attached hydrogens (primary N) is 1. The Morgan fingerprint density at radius 1 is 1.15 bits per heavy atom. The lowest BCUT2D eigenvalue weighted by molar-refractivity contribution is 0.0815. The molecular weight excluding hydrogens is 555 g/mol. The molecule has 4 aromatic rings. The molecule has 0 aliphatic rings. The number of carbonyl (C=O) groups is 1. The van der Waals surface area contributed by atoms with Crippen molar-refractivity contribution in [2.45, 2.75) is 11.9 Å². The number of hydrogen-bond acceptors (Lipinski definition) is 9. The van der Waals surface area contributed by atoms with Crippen molar-refractivity contribution in [1.29, 1.82) is 0 Å². The minimum absolute atomic E-state index is 0.0390. The van der Waals surface area contributed by atoms with E-state index < -0.39 is 33.6 Å². The molecule has 40 heavy (non-hydrogen) atoms. The van der Waals surface area contributed by atoms with Crippen molar-refractivity contribution in [3.8, 4) is 17.0 Å². The Hall–Kier alpha value is -4.70. The van der Waals surface area contributed by atoms with E-state index in [1.54, 1.807) is 4.72 Å². The van der Waals surface area contributed by atoms with Crippen molar-refractivity contribution in [1.82, 2.24) is 20.2 Å². The van der Waals surface area contributed by atoms with Gasteiger partial charge in [-0.3, -0.25) is 19.6 Å². The summed E-state index contributed by atoms with van der Waals surface area (Å²) >= 11 is 0. The Morgan fingerprint density at radius 2 is 1.90 bits per heavy atom. The number of rotatable bonds is 12. The molecule has 0 saturated heterocycles. The summed E-state index contributed by atoms with van der Waals surface area (Å²) < 4.78 is 76.7. The van der Waals surface area contributed by atoms with Gasteiger partial charge in [0.05, 0.1) is 18.5 Å². The number of amides is 1. The number of methoxy groups -OCH3 is 1. The Labute approximate surface area is 225 Å². The second-order valence-corrected chi connectivity index (χ2v) is 9.78. The predicted molar refractivity (Wildman–Crippen MR) is 138 cm³/mol. The van der Waals surface area contributed by atoms with Gasteiger partial charge in [-0.25, -0.2) is 17.8 Å². The van der Waals surface area contributed by atoms with Gasteiger partial charge in [-0.05, 0) is 29.8 Å². The van der Waals surface area contributed by atoms with Gasteiger partial charge in [0.25, 0.3) is 15.9 Å². The minimum Gasteiger partial charge on any atom is -0.481 e. The van der Waals surface area contributed by atoms with Crippen molar-refractivity contribution in [3.63, 3.8) is 0 Å². The van der Waals surface area contributed by atoms with Crippen molar-refractivity contribution in [3.05, 3.63) is 78.0 Å². The number of hydrogen-bond donors (Lipinski definition) is 4. The fraction of sp³-hybridized carbons (Fsp3) is 0.167. The van der Waals surface area contributed by atoms with Crippen LogP contribution in [0.4, 0.5) is 30.5 Å². The minimum atomic E-state index is -5.08. The number of primary amides is 1. The number of sulfonamides is 1. The molecule has 0 fully saturated rings. The molecule has 5 N–H and O–H groups in total. The summed E-state index contributed by atoms with van der Waals surface area (Å²) in [7, 11) is -3.70. The third-order valence-electron chi connectivity index (χ3n) is 5.40. The van der Waals surface area contributed by atoms with E-state index in [-0.39, 0.29) is 46.5 Å². The first-order valence-electron chi connectivity index (χ1n) is 11.4. The lowest BCUT2D eigenvalue weighted by Crippen LogP contribution is -2.22. The smallest absolute Gasteiger partial charge is 0.355 e. The van der Waals surface area contributed by atoms with E-state index in [9.17, 15) is 26.4 Å². The third kappa shape index (κ3) is 6.47. The normalized spacial score (nSPS) is 12.2. The molecule has 210 valence electrons. The summed E-state index contributed by atoms with van der Waals surface area (Å²) in [4.78, 5) is 20.4. The first-order chi connectivity index (χ1) is 19.1. The zero-order valence-corrected chi connectivity index (χ0v) is 21.5. The molecule has 2 aromatic carbocycles. The van der Waals surface area contributed by atoms with Crippen LogP contribution in [0.3, 0.4) is 0 Å². The quantitative estimate of drug-likeness (QED) is 0.196. The van der Waals surface area contributed by atoms with Gasteiger partial charge < -0.3 is 20.5 Å². The van der Waals surface area contributed by atoms with Gasteiger partial charge in [-0.15, -0.1) is 0 Å². The number of nitrogens with zero attached hydrogens (tertiary/aromatic N) is 3. The van der Waals surface area contributed by atoms with Gasteiger partial charge in [0.2, 0.25) is 0 Å². The van der Waals surface area contributed by atoms with Crippen molar-refractivity contribution < 1.29 is 35.9 Å². The Kier molecular flexibility index (Phi) is 8.49. The van der Waals surface area contributed by atoms with Crippen LogP contribution < -0.4 is 20.5 Å². The molecule has 0 saturated carbocycles. The monoisotopic (exact) mass is 577 g/mol. The van der Waals surface area contributed by atoms with E-state index in [1.165, 1.54) is 62.1 Å². The number of alkyl halides is 2. The largest absolute Gasteiger partial charge is 0.481 e. The van der Waals surface area contributed by atoms with Gasteiger partial charge in [-0.2, -0.15) is 13.9 Å². The number of halogens is 3. The molecule has 0 spiro atoms. The second kappa shape index (κ2) is 12.0. The number of benzene rings is 2. The number of H-pyrrole nitrogens is 1. The zero-order valence-electron chi connectivity index (χ0n) is 20.6. The van der Waals surface area contributed by atoms with E-state index in [0.29, 0.717) is 5.56 Å². The van der Waals surface area contributed by atoms with Crippen LogP contribution in [-0.4, -0.2) is 54.0 Å². The average Bonchev–Trinajstić information content (AvgIpc) is 3.34. The number of ether oxygens (including phenoxy) is 2. The first-order valence-corrected chi connectivity index (χ1v) is 12.9. The van der Waals surface area contributed by atoms with Crippen LogP contribution in [0.1, 0.15) is 22.0 Å². The summed E-state index contributed by atoms with van der Waals surface area (Å²) in [5.41, 5.74) is 5.90. The second-order valence-electron chi connectivity index (χ2n) is 8.13. The highest BCUT2D eigenvalue weighted by molar-refractivity contribution is 7.93. The molecule has 0 bridgehead atoms. The van der Waals surface area contributed by atoms with Crippen molar-refractivity contribution in [2.24, 2.45) is 5.73 Å². The summed E-state index contributed by atoms with van der Waals surface area (Å²) in [6.45, 7) is -0.0714. The molecule has 12 nitrogen and oxygen atoms in total. The van der Waals surface area contributed by atoms with E-state index >= 15 is 0 Å². The Balaban J connectivity index is 1.79. The Bertz CT molecular complexity index is 1590. The van der Waals surface area contributed by atoms with Gasteiger partial charge in [0, 0.05) is 25.1 Å². The number of aromatic nitrogens is 4. The molecule has 0 radical (unpaired) electrons. The van der Waals surface area contributed by atoms with Gasteiger partial charge >= 0.3 is 5.76 Å². The van der Waals surface area contributed by atoms with Gasteiger partial charge in [0.15, 0.2) is 0 Å². The number of aromatic amines is 1. The maximum Gasteiger partial charge on any atom is 0.355 e. The van der Waals surface area contributed by atoms with Crippen LogP contribution in [0.2, 0.25) is 0 Å². The maximum absolute atomic E-state index is 13.5. The third-order valence-corrected chi connectivity index (χ3v) is 6.37. The topological polar surface area (TPSA) is 174 Å². The number of nitrogens with one attached hydrogen (secondary N) is 3. The summed E-state index contributed by atoms with van der Waals surface area (Å²) in [5, 5.41) is 9.63. The standard InChI is InChI=1S/C24H22F3N7O5S/c1-38-12-18(13-2-5-15(25)6-3-13)39-17-10-14(4-7-16(17)34-40(36,37)24(26)27)21-20(22(28)35)23(33-32-21)31-19-11-29-8-9-30-19/h2-11,18,24,34H,12H2,1H3,(H2,28,35)(H2,30,31,32,33)/t18-/m1/s1. The van der Waals surface area contributed by atoms with Crippen molar-refractivity contribution in [2.75, 3.05) is 23.8 Å². The number of carbonyl (C=O) groups excluding carboxylic acids is 1. The molecule has 1 atom stereocenters. The lowest BCUT2D eigenvalue weighted by atomic mass is 10.1. The molecule has 0 aliphatic carbocycles. The predicted octanol–water partition coefficient (Wildman–Crippen LogP) is 3.58. The SMILES string of the molecule is COC[C@@H](Oc1cc(-c2n[nH]c(Nc3cnccn3)c2C(N)=O)ccc1NS(=O)(=O)C(F)F)c1ccc(F)cc1. The van der Waals surface area contributed by atoms with Gasteiger partial charge in [0.1, 0.15) is 40.6 Å². The highest BCUT2D eigenvalue weighted by Gasteiger charge is 2.27. The van der Waals surface area contributed by atoms with Gasteiger partial charge in [-0.1, -0.05) is 18.2 Å². The van der Waals surface area contributed by atoms with E-state index in [2.05, 4.69) is 25.5 Å². The molecule has 0 aliphatic heterocycles. The maximum atomic E-state index is 13.5. The highest BCUT2D eigenvalue weighted by atomic mass is 32.2. The molecule has 16 heteroatoms. The average molecular weight is 578 g/mol. The highest BCUT2D eigenvalue weighted by Crippen LogP contribution is 2.37. The first kappa shape index (κ1) is 28.3. The number of anilines is 3. The molecule has 1 amide bonds. The van der Waals surface area contributed by atoms with Crippen LogP contribution in [0.15, 0.2) is 61.1 Å². The van der Waals surface area contributed by atoms with E-state index in [4.69, 9.17) is 15.2 Å². The van der Waals surface area contributed by atoms with E-state index in [0.717, 1.165) is 6.07 Å². The van der Waals surface area contributed by atoms with E-state index in [1.807, 2.05) is 0 Å². The van der Waals surface area contributed by atoms with Crippen LogP contribution in [0, 0.1) is 5.82 Å². The lowest BCUT2D eigenvalue weighted by Gasteiger charge is -2.22. The summed E-state index contributed by atoms with van der Waals surface area (Å²) in [5.74, 6) is -4.94. The zero-order chi connectivity index (χ0) is 28.9. The molecule has 0 unspecified atom stereocenters. The van der Waals surface area contributed by atoms with Crippen LogP contribution in [0.5, 0.6) is 5.75 Å². The van der Waals surface area contributed by atoms with Crippen LogP contribution in [-0.2, 0) is 14.8 Å². The molecule has 2 aromatic heterocycles. The molecule has 4 rings (SSSR count). The fourth-order valence-corrected chi connectivity index (χ4v) is 4.17. The summed E-state index contributed by atoms with van der Waals surface area (Å²) in [6.07, 6.45) is 3.35. The molecule has 2 heterocycles.